The van der Waals surface area contributed by atoms with Crippen molar-refractivity contribution in [1.82, 2.24) is 19.9 Å². The molecule has 2 aromatic carbocycles. The number of hydrogen-bond donors (Lipinski definition) is 1. The molecule has 0 unspecified atom stereocenters. The smallest absolute Gasteiger partial charge is 0.223 e. The molecule has 8 heteroatoms. The van der Waals surface area contributed by atoms with Gasteiger partial charge in [-0.2, -0.15) is 5.10 Å². The number of piperidine rings is 1. The summed E-state index contributed by atoms with van der Waals surface area (Å²) >= 11 is 0. The summed E-state index contributed by atoms with van der Waals surface area (Å²) in [5, 5.41) is 7.68. The van der Waals surface area contributed by atoms with Crippen LogP contribution in [0.3, 0.4) is 0 Å². The molecule has 0 spiro atoms. The molecule has 2 aromatic heterocycles. The van der Waals surface area contributed by atoms with Crippen LogP contribution in [0.5, 0.6) is 0 Å². The minimum Gasteiger partial charge on any atom is -0.355 e. The van der Waals surface area contributed by atoms with E-state index >= 15 is 0 Å². The van der Waals surface area contributed by atoms with Crippen molar-refractivity contribution in [3.63, 3.8) is 0 Å². The van der Waals surface area contributed by atoms with Gasteiger partial charge < -0.3 is 10.2 Å². The Labute approximate surface area is 196 Å². The average molecular weight is 462 g/mol. The highest BCUT2D eigenvalue weighted by Crippen LogP contribution is 2.29. The van der Waals surface area contributed by atoms with Gasteiger partial charge in [0.05, 0.1) is 11.7 Å². The van der Waals surface area contributed by atoms with E-state index in [1.807, 2.05) is 13.0 Å². The van der Waals surface area contributed by atoms with Crippen molar-refractivity contribution < 1.29 is 13.6 Å². The monoisotopic (exact) mass is 461 g/mol. The van der Waals surface area contributed by atoms with Crippen LogP contribution < -0.4 is 10.2 Å². The number of carbonyl (C=O) groups excluding carboxylic acids is 1. The molecular formula is C26H25F2N5O. The summed E-state index contributed by atoms with van der Waals surface area (Å²) in [6.07, 6.45) is 4.93. The molecule has 1 amide bonds. The molecule has 1 atom stereocenters. The summed E-state index contributed by atoms with van der Waals surface area (Å²) < 4.78 is 28.2. The summed E-state index contributed by atoms with van der Waals surface area (Å²) in [6, 6.07) is 14.2. The molecule has 1 aliphatic heterocycles. The van der Waals surface area contributed by atoms with Crippen LogP contribution in [0.15, 0.2) is 67.0 Å². The fourth-order valence-electron chi connectivity index (χ4n) is 4.43. The van der Waals surface area contributed by atoms with Crippen molar-refractivity contribution in [2.24, 2.45) is 5.92 Å². The quantitative estimate of drug-likeness (QED) is 0.465. The number of nitrogens with one attached hydrogen (secondary N) is 1. The third-order valence-electron chi connectivity index (χ3n) is 6.40. The van der Waals surface area contributed by atoms with Gasteiger partial charge in [-0.3, -0.25) is 4.79 Å². The summed E-state index contributed by atoms with van der Waals surface area (Å²) in [5.74, 6) is 0.182. The van der Waals surface area contributed by atoms with E-state index < -0.39 is 0 Å². The van der Waals surface area contributed by atoms with Crippen LogP contribution in [-0.2, 0) is 4.79 Å². The average Bonchev–Trinajstić information content (AvgIpc) is 3.29. The summed E-state index contributed by atoms with van der Waals surface area (Å²) in [6.45, 7) is 3.31. The van der Waals surface area contributed by atoms with Crippen LogP contribution in [0, 0.1) is 17.6 Å². The maximum absolute atomic E-state index is 13.3. The zero-order valence-electron chi connectivity index (χ0n) is 18.8. The summed E-state index contributed by atoms with van der Waals surface area (Å²) in [4.78, 5) is 19.6. The van der Waals surface area contributed by atoms with Gasteiger partial charge in [0.15, 0.2) is 5.82 Å². The largest absolute Gasteiger partial charge is 0.355 e. The molecule has 0 aliphatic carbocycles. The number of hydrogen-bond acceptors (Lipinski definition) is 4. The van der Waals surface area contributed by atoms with Gasteiger partial charge in [0.25, 0.3) is 0 Å². The molecule has 0 bridgehead atoms. The van der Waals surface area contributed by atoms with E-state index in [9.17, 15) is 13.6 Å². The molecule has 3 heterocycles. The second-order valence-corrected chi connectivity index (χ2v) is 8.66. The Hall–Kier alpha value is -3.81. The van der Waals surface area contributed by atoms with E-state index in [4.69, 9.17) is 0 Å². The molecular weight excluding hydrogens is 436 g/mol. The highest BCUT2D eigenvalue weighted by atomic mass is 19.1. The first-order chi connectivity index (χ1) is 16.5. The number of nitrogens with zero attached hydrogens (tertiary/aromatic N) is 4. The number of halogens is 2. The normalized spacial score (nSPS) is 15.4. The Morgan fingerprint density at radius 2 is 1.68 bits per heavy atom. The number of amides is 1. The molecule has 0 saturated carbocycles. The molecule has 34 heavy (non-hydrogen) atoms. The van der Waals surface area contributed by atoms with Crippen molar-refractivity contribution >= 4 is 17.2 Å². The van der Waals surface area contributed by atoms with E-state index in [1.54, 1.807) is 41.2 Å². The fraction of sp³-hybridized carbons (Fsp3) is 0.269. The first-order valence-corrected chi connectivity index (χ1v) is 11.4. The lowest BCUT2D eigenvalue weighted by molar-refractivity contribution is -0.126. The van der Waals surface area contributed by atoms with E-state index in [0.29, 0.717) is 25.9 Å². The van der Waals surface area contributed by atoms with E-state index in [0.717, 1.165) is 28.2 Å². The van der Waals surface area contributed by atoms with Crippen LogP contribution in [0.25, 0.3) is 16.8 Å². The minimum atomic E-state index is -0.291. The van der Waals surface area contributed by atoms with E-state index in [1.165, 1.54) is 24.3 Å². The lowest BCUT2D eigenvalue weighted by atomic mass is 9.95. The Bertz CT molecular complexity index is 1300. The van der Waals surface area contributed by atoms with Gasteiger partial charge in [0.1, 0.15) is 17.2 Å². The maximum atomic E-state index is 13.3. The first-order valence-electron chi connectivity index (χ1n) is 11.4. The second-order valence-electron chi connectivity index (χ2n) is 8.66. The number of carbonyl (C=O) groups is 1. The van der Waals surface area contributed by atoms with Gasteiger partial charge in [0, 0.05) is 37.0 Å². The molecule has 1 fully saturated rings. The third kappa shape index (κ3) is 4.48. The van der Waals surface area contributed by atoms with Crippen molar-refractivity contribution in [2.45, 2.75) is 25.8 Å². The number of anilines is 1. The highest BCUT2D eigenvalue weighted by molar-refractivity contribution is 5.80. The highest BCUT2D eigenvalue weighted by Gasteiger charge is 2.27. The Morgan fingerprint density at radius 3 is 2.35 bits per heavy atom. The fourth-order valence-corrected chi connectivity index (χ4v) is 4.43. The molecule has 1 aliphatic rings. The van der Waals surface area contributed by atoms with Crippen molar-refractivity contribution in [2.75, 3.05) is 18.0 Å². The first kappa shape index (κ1) is 22.0. The Morgan fingerprint density at radius 1 is 1.03 bits per heavy atom. The van der Waals surface area contributed by atoms with Crippen LogP contribution in [0.1, 0.15) is 31.4 Å². The second kappa shape index (κ2) is 9.21. The molecule has 0 radical (unpaired) electrons. The van der Waals surface area contributed by atoms with Crippen LogP contribution >= 0.6 is 0 Å². The summed E-state index contributed by atoms with van der Waals surface area (Å²) in [5.41, 5.74) is 3.33. The minimum absolute atomic E-state index is 0.0191. The van der Waals surface area contributed by atoms with Crippen molar-refractivity contribution in [1.29, 1.82) is 0 Å². The lowest BCUT2D eigenvalue weighted by Crippen LogP contribution is -2.41. The third-order valence-corrected chi connectivity index (χ3v) is 6.40. The molecule has 1 N–H and O–H groups in total. The molecule has 174 valence electrons. The van der Waals surface area contributed by atoms with Gasteiger partial charge in [-0.15, -0.1) is 0 Å². The SMILES string of the molecule is C[C@H](NC(=O)C1CCN(c2nccn3nc(-c4ccc(F)cc4)cc23)CC1)c1ccc(F)cc1. The van der Waals surface area contributed by atoms with Gasteiger partial charge in [-0.05, 0) is 67.8 Å². The predicted molar refractivity (Wildman–Crippen MR) is 126 cm³/mol. The zero-order valence-corrected chi connectivity index (χ0v) is 18.8. The molecule has 1 saturated heterocycles. The number of benzene rings is 2. The molecule has 4 aromatic rings. The maximum Gasteiger partial charge on any atom is 0.223 e. The standard InChI is InChI=1S/C26H25F2N5O/c1-17(18-2-6-21(27)7-3-18)30-26(34)20-10-13-32(14-11-20)25-24-16-23(31-33(24)15-12-29-25)19-4-8-22(28)9-5-19/h2-9,12,15-17,20H,10-11,13-14H2,1H3,(H,30,34)/t17-/m0/s1. The van der Waals surface area contributed by atoms with E-state index in [-0.39, 0.29) is 29.5 Å². The molecule has 6 nitrogen and oxygen atoms in total. The van der Waals surface area contributed by atoms with Gasteiger partial charge in [-0.1, -0.05) is 12.1 Å². The number of aromatic nitrogens is 3. The summed E-state index contributed by atoms with van der Waals surface area (Å²) in [7, 11) is 0. The Balaban J connectivity index is 1.26. The predicted octanol–water partition coefficient (Wildman–Crippen LogP) is 4.77. The van der Waals surface area contributed by atoms with Gasteiger partial charge in [-0.25, -0.2) is 18.3 Å². The van der Waals surface area contributed by atoms with Crippen LogP contribution in [-0.4, -0.2) is 33.6 Å². The topological polar surface area (TPSA) is 62.5 Å². The lowest BCUT2D eigenvalue weighted by Gasteiger charge is -2.32. The number of fused-ring (bicyclic) bond motifs is 1. The zero-order chi connectivity index (χ0) is 23.7. The van der Waals surface area contributed by atoms with Gasteiger partial charge in [0.2, 0.25) is 5.91 Å². The van der Waals surface area contributed by atoms with Gasteiger partial charge >= 0.3 is 0 Å². The van der Waals surface area contributed by atoms with E-state index in [2.05, 4.69) is 20.3 Å². The van der Waals surface area contributed by atoms with Crippen LogP contribution in [0.2, 0.25) is 0 Å². The van der Waals surface area contributed by atoms with Crippen LogP contribution in [0.4, 0.5) is 14.6 Å². The van der Waals surface area contributed by atoms with Crippen molar-refractivity contribution in [3.8, 4) is 11.3 Å². The Kier molecular flexibility index (Phi) is 5.96. The number of rotatable bonds is 5. The molecule has 5 rings (SSSR count). The van der Waals surface area contributed by atoms with Crippen molar-refractivity contribution in [3.05, 3.63) is 84.2 Å².